The lowest BCUT2D eigenvalue weighted by Gasteiger charge is -2.07. The average molecular weight is 281 g/mol. The molecule has 5 heteroatoms. The van der Waals surface area contributed by atoms with Gasteiger partial charge in [-0.3, -0.25) is 0 Å². The Hall–Kier alpha value is -1.33. The van der Waals surface area contributed by atoms with Gasteiger partial charge in [-0.15, -0.1) is 0 Å². The predicted molar refractivity (Wildman–Crippen MR) is 75.7 cm³/mol. The Bertz CT molecular complexity index is 631. The number of aryl methyl sites for hydroxylation is 2. The van der Waals surface area contributed by atoms with Crippen molar-refractivity contribution in [2.75, 3.05) is 11.5 Å². The van der Waals surface area contributed by atoms with Crippen molar-refractivity contribution in [3.63, 3.8) is 0 Å². The van der Waals surface area contributed by atoms with E-state index in [1.807, 2.05) is 23.8 Å². The van der Waals surface area contributed by atoms with E-state index in [2.05, 4.69) is 0 Å². The third-order valence-corrected chi connectivity index (χ3v) is 5.26. The van der Waals surface area contributed by atoms with E-state index >= 15 is 0 Å². The van der Waals surface area contributed by atoms with E-state index < -0.39 is 9.84 Å². The van der Waals surface area contributed by atoms with Crippen LogP contribution in [0.1, 0.15) is 11.1 Å². The summed E-state index contributed by atoms with van der Waals surface area (Å²) in [5, 5.41) is 3.91. The number of hydrogen-bond acceptors (Lipinski definition) is 4. The Balaban J connectivity index is 2.20. The second-order valence-electron chi connectivity index (χ2n) is 4.24. The molecule has 1 aromatic heterocycles. The molecule has 1 aromatic carbocycles. The van der Waals surface area contributed by atoms with Gasteiger partial charge in [0.2, 0.25) is 0 Å². The second-order valence-corrected chi connectivity index (χ2v) is 7.10. The summed E-state index contributed by atoms with van der Waals surface area (Å²) in [7, 11) is -3.30. The molecule has 3 nitrogen and oxygen atoms in total. The molecule has 0 aliphatic rings. The molecule has 0 saturated heterocycles. The van der Waals surface area contributed by atoms with Crippen LogP contribution in [0.15, 0.2) is 39.9 Å². The highest BCUT2D eigenvalue weighted by molar-refractivity contribution is 7.91. The van der Waals surface area contributed by atoms with Gasteiger partial charge < -0.3 is 5.73 Å². The maximum atomic E-state index is 12.2. The minimum atomic E-state index is -3.30. The Morgan fingerprint density at radius 3 is 2.67 bits per heavy atom. The summed E-state index contributed by atoms with van der Waals surface area (Å²) in [6, 6.07) is 7.00. The van der Waals surface area contributed by atoms with Crippen LogP contribution in [0, 0.1) is 6.92 Å². The molecular formula is C13H15NO2S2. The zero-order valence-corrected chi connectivity index (χ0v) is 11.7. The summed E-state index contributed by atoms with van der Waals surface area (Å²) in [6.07, 6.45) is 0.527. The summed E-state index contributed by atoms with van der Waals surface area (Å²) < 4.78 is 24.4. The smallest absolute Gasteiger partial charge is 0.180 e. The van der Waals surface area contributed by atoms with E-state index in [-0.39, 0.29) is 10.6 Å². The molecule has 0 saturated carbocycles. The van der Waals surface area contributed by atoms with Crippen LogP contribution in [0.4, 0.5) is 5.69 Å². The topological polar surface area (TPSA) is 60.2 Å². The molecule has 0 atom stereocenters. The fraction of sp³-hybridized carbons (Fsp3) is 0.231. The van der Waals surface area contributed by atoms with Gasteiger partial charge >= 0.3 is 0 Å². The first-order valence-electron chi connectivity index (χ1n) is 5.59. The van der Waals surface area contributed by atoms with Gasteiger partial charge in [0.15, 0.2) is 9.84 Å². The Morgan fingerprint density at radius 2 is 2.06 bits per heavy atom. The number of anilines is 1. The van der Waals surface area contributed by atoms with Gasteiger partial charge in [0.1, 0.15) is 0 Å². The zero-order chi connectivity index (χ0) is 13.2. The van der Waals surface area contributed by atoms with Gasteiger partial charge in [-0.05, 0) is 53.4 Å². The molecule has 0 aliphatic carbocycles. The summed E-state index contributed by atoms with van der Waals surface area (Å²) in [4.78, 5) is 0.239. The van der Waals surface area contributed by atoms with E-state index in [1.54, 1.807) is 29.5 Å². The maximum absolute atomic E-state index is 12.2. The number of benzene rings is 1. The molecule has 2 N–H and O–H groups in total. The molecule has 0 radical (unpaired) electrons. The fourth-order valence-electron chi connectivity index (χ4n) is 1.75. The van der Waals surface area contributed by atoms with Crippen molar-refractivity contribution < 1.29 is 8.42 Å². The van der Waals surface area contributed by atoms with Crippen LogP contribution in [-0.2, 0) is 16.3 Å². The Labute approximate surface area is 111 Å². The number of hydrogen-bond donors (Lipinski definition) is 1. The first kappa shape index (κ1) is 13.1. The van der Waals surface area contributed by atoms with Crippen molar-refractivity contribution in [2.24, 2.45) is 0 Å². The van der Waals surface area contributed by atoms with Gasteiger partial charge in [0, 0.05) is 0 Å². The van der Waals surface area contributed by atoms with Crippen LogP contribution in [0.2, 0.25) is 0 Å². The number of rotatable bonds is 4. The largest absolute Gasteiger partial charge is 0.398 e. The molecule has 0 fully saturated rings. The molecule has 0 amide bonds. The third kappa shape index (κ3) is 2.91. The van der Waals surface area contributed by atoms with Crippen molar-refractivity contribution in [1.82, 2.24) is 0 Å². The SMILES string of the molecule is Cc1ccc(S(=O)(=O)CCc2ccsc2)c(N)c1. The number of thiophene rings is 1. The lowest BCUT2D eigenvalue weighted by atomic mass is 10.2. The predicted octanol–water partition coefficient (Wildman–Crippen LogP) is 2.66. The lowest BCUT2D eigenvalue weighted by molar-refractivity contribution is 0.595. The first-order valence-corrected chi connectivity index (χ1v) is 8.18. The minimum absolute atomic E-state index is 0.0942. The second kappa shape index (κ2) is 5.12. The summed E-state index contributed by atoms with van der Waals surface area (Å²) in [5.74, 6) is 0.0942. The summed E-state index contributed by atoms with van der Waals surface area (Å²) in [5.41, 5.74) is 8.13. The van der Waals surface area contributed by atoms with E-state index in [4.69, 9.17) is 5.73 Å². The lowest BCUT2D eigenvalue weighted by Crippen LogP contribution is -2.11. The average Bonchev–Trinajstić information content (AvgIpc) is 2.78. The molecule has 2 rings (SSSR count). The third-order valence-electron chi connectivity index (χ3n) is 2.74. The van der Waals surface area contributed by atoms with E-state index in [0.29, 0.717) is 12.1 Å². The van der Waals surface area contributed by atoms with Crippen LogP contribution in [0.5, 0.6) is 0 Å². The molecule has 0 bridgehead atoms. The molecular weight excluding hydrogens is 266 g/mol. The maximum Gasteiger partial charge on any atom is 0.180 e. The standard InChI is InChI=1S/C13H15NO2S2/c1-10-2-3-13(12(14)8-10)18(15,16)7-5-11-4-6-17-9-11/h2-4,6,8-9H,5,7,14H2,1H3. The highest BCUT2D eigenvalue weighted by atomic mass is 32.2. The fourth-order valence-corrected chi connectivity index (χ4v) is 3.87. The van der Waals surface area contributed by atoms with Crippen LogP contribution >= 0.6 is 11.3 Å². The normalized spacial score (nSPS) is 11.6. The summed E-state index contributed by atoms with van der Waals surface area (Å²) in [6.45, 7) is 1.89. The van der Waals surface area contributed by atoms with Gasteiger partial charge in [-0.1, -0.05) is 6.07 Å². The van der Waals surface area contributed by atoms with Crippen LogP contribution in [0.3, 0.4) is 0 Å². The van der Waals surface area contributed by atoms with Crippen LogP contribution in [-0.4, -0.2) is 14.2 Å². The first-order chi connectivity index (χ1) is 8.49. The molecule has 0 unspecified atom stereocenters. The van der Waals surface area contributed by atoms with E-state index in [1.165, 1.54) is 0 Å². The van der Waals surface area contributed by atoms with E-state index in [0.717, 1.165) is 11.1 Å². The van der Waals surface area contributed by atoms with Crippen LogP contribution in [0.25, 0.3) is 0 Å². The molecule has 0 spiro atoms. The quantitative estimate of drug-likeness (QED) is 0.876. The van der Waals surface area contributed by atoms with Gasteiger partial charge in [-0.2, -0.15) is 11.3 Å². The molecule has 96 valence electrons. The van der Waals surface area contributed by atoms with Crippen molar-refractivity contribution in [3.05, 3.63) is 46.2 Å². The minimum Gasteiger partial charge on any atom is -0.398 e. The number of nitrogens with two attached hydrogens (primary N) is 1. The molecule has 1 heterocycles. The molecule has 18 heavy (non-hydrogen) atoms. The number of nitrogen functional groups attached to an aromatic ring is 1. The van der Waals surface area contributed by atoms with Gasteiger partial charge in [0.05, 0.1) is 16.3 Å². The monoisotopic (exact) mass is 281 g/mol. The number of sulfone groups is 1. The van der Waals surface area contributed by atoms with Crippen LogP contribution < -0.4 is 5.73 Å². The zero-order valence-electron chi connectivity index (χ0n) is 10.1. The Morgan fingerprint density at radius 1 is 1.28 bits per heavy atom. The van der Waals surface area contributed by atoms with Crippen molar-refractivity contribution in [3.8, 4) is 0 Å². The van der Waals surface area contributed by atoms with Crippen molar-refractivity contribution >= 4 is 26.9 Å². The highest BCUT2D eigenvalue weighted by Gasteiger charge is 2.17. The Kier molecular flexibility index (Phi) is 3.73. The summed E-state index contributed by atoms with van der Waals surface area (Å²) >= 11 is 1.57. The molecule has 0 aliphatic heterocycles. The van der Waals surface area contributed by atoms with Crippen molar-refractivity contribution in [2.45, 2.75) is 18.2 Å². The van der Waals surface area contributed by atoms with Gasteiger partial charge in [-0.25, -0.2) is 8.42 Å². The van der Waals surface area contributed by atoms with E-state index in [9.17, 15) is 8.42 Å². The van der Waals surface area contributed by atoms with Crippen molar-refractivity contribution in [1.29, 1.82) is 0 Å². The highest BCUT2D eigenvalue weighted by Crippen LogP contribution is 2.21. The molecule has 2 aromatic rings. The van der Waals surface area contributed by atoms with Gasteiger partial charge in [0.25, 0.3) is 0 Å².